The molecule has 1 aromatic rings. The minimum atomic E-state index is -1.24. The highest BCUT2D eigenvalue weighted by Crippen LogP contribution is 2.00. The van der Waals surface area contributed by atoms with Crippen LogP contribution in [0, 0.1) is 0 Å². The van der Waals surface area contributed by atoms with Crippen LogP contribution in [0.25, 0.3) is 0 Å². The molecule has 0 saturated carbocycles. The molecule has 1 rings (SSSR count). The summed E-state index contributed by atoms with van der Waals surface area (Å²) >= 11 is 0. The number of aliphatic carboxylic acids is 1. The van der Waals surface area contributed by atoms with E-state index < -0.39 is 12.0 Å². The molecule has 0 fully saturated rings. The van der Waals surface area contributed by atoms with Gasteiger partial charge in [0.05, 0.1) is 0 Å². The fourth-order valence-corrected chi connectivity index (χ4v) is 0.943. The molecule has 6 nitrogen and oxygen atoms in total. The van der Waals surface area contributed by atoms with Gasteiger partial charge in [-0.25, -0.2) is 15.0 Å². The van der Waals surface area contributed by atoms with Crippen molar-refractivity contribution in [3.8, 4) is 0 Å². The topological polar surface area (TPSA) is 105 Å². The quantitative estimate of drug-likeness (QED) is 0.485. The monoisotopic (exact) mass is 207 g/mol. The van der Waals surface area contributed by atoms with Crippen LogP contribution in [0.4, 0.5) is 4.79 Å². The van der Waals surface area contributed by atoms with E-state index in [1.54, 1.807) is 30.3 Å². The second kappa shape index (κ2) is 4.75. The molecule has 0 aliphatic rings. The molecular formula is C9H9N3O3. The zero-order chi connectivity index (χ0) is 11.3. The summed E-state index contributed by atoms with van der Waals surface area (Å²) in [6.07, 6.45) is 0. The number of carbonyl (C=O) groups is 2. The van der Waals surface area contributed by atoms with Crippen molar-refractivity contribution < 1.29 is 14.7 Å². The van der Waals surface area contributed by atoms with E-state index in [9.17, 15) is 9.59 Å². The Labute approximate surface area is 85.4 Å². The van der Waals surface area contributed by atoms with Crippen molar-refractivity contribution in [3.63, 3.8) is 0 Å². The standard InChI is InChI=1S/C9H9N3O3/c10-9(15)12-11-7(8(13)14)6-4-2-1-3-5-6/h1-5H,(H,13,14)(H3,10,12,15). The number of urea groups is 1. The summed E-state index contributed by atoms with van der Waals surface area (Å²) in [6, 6.07) is 7.29. The third kappa shape index (κ3) is 3.11. The minimum absolute atomic E-state index is 0.269. The van der Waals surface area contributed by atoms with Crippen LogP contribution in [0.5, 0.6) is 0 Å². The maximum atomic E-state index is 10.8. The molecule has 0 aliphatic heterocycles. The predicted molar refractivity (Wildman–Crippen MR) is 53.3 cm³/mol. The van der Waals surface area contributed by atoms with E-state index in [4.69, 9.17) is 10.8 Å². The molecule has 2 amide bonds. The van der Waals surface area contributed by atoms with Crippen molar-refractivity contribution in [2.45, 2.75) is 0 Å². The van der Waals surface area contributed by atoms with E-state index >= 15 is 0 Å². The van der Waals surface area contributed by atoms with E-state index in [2.05, 4.69) is 5.10 Å². The number of carbonyl (C=O) groups excluding carboxylic acids is 1. The number of rotatable bonds is 3. The van der Waals surface area contributed by atoms with Crippen LogP contribution in [-0.4, -0.2) is 22.8 Å². The van der Waals surface area contributed by atoms with Gasteiger partial charge >= 0.3 is 12.0 Å². The summed E-state index contributed by atoms with van der Waals surface area (Å²) in [4.78, 5) is 21.2. The Morgan fingerprint density at radius 1 is 1.27 bits per heavy atom. The third-order valence-corrected chi connectivity index (χ3v) is 1.53. The maximum absolute atomic E-state index is 10.8. The molecule has 0 aromatic heterocycles. The van der Waals surface area contributed by atoms with Crippen molar-refractivity contribution in [3.05, 3.63) is 35.9 Å². The molecule has 0 bridgehead atoms. The summed E-state index contributed by atoms with van der Waals surface area (Å²) < 4.78 is 0. The van der Waals surface area contributed by atoms with Crippen LogP contribution in [0.3, 0.4) is 0 Å². The van der Waals surface area contributed by atoms with Gasteiger partial charge < -0.3 is 10.8 Å². The summed E-state index contributed by atoms with van der Waals surface area (Å²) in [5.74, 6) is -1.24. The molecule has 78 valence electrons. The molecule has 0 atom stereocenters. The summed E-state index contributed by atoms with van der Waals surface area (Å²) in [5, 5.41) is 12.2. The number of hydrogen-bond donors (Lipinski definition) is 3. The molecule has 4 N–H and O–H groups in total. The number of hydrazone groups is 1. The first-order valence-electron chi connectivity index (χ1n) is 4.03. The second-order valence-corrected chi connectivity index (χ2v) is 2.61. The number of carboxylic acids is 1. The molecular weight excluding hydrogens is 198 g/mol. The normalized spacial score (nSPS) is 10.8. The van der Waals surface area contributed by atoms with Gasteiger partial charge in [-0.15, -0.1) is 0 Å². The number of primary amides is 1. The number of carboxylic acid groups (broad SMARTS) is 1. The number of hydrogen-bond acceptors (Lipinski definition) is 3. The largest absolute Gasteiger partial charge is 0.476 e. The van der Waals surface area contributed by atoms with Crippen LogP contribution < -0.4 is 11.2 Å². The van der Waals surface area contributed by atoms with Crippen LogP contribution in [-0.2, 0) is 4.79 Å². The van der Waals surface area contributed by atoms with Crippen LogP contribution in [0.15, 0.2) is 35.4 Å². The lowest BCUT2D eigenvalue weighted by atomic mass is 10.1. The lowest BCUT2D eigenvalue weighted by molar-refractivity contribution is -0.129. The first kappa shape index (κ1) is 10.7. The van der Waals surface area contributed by atoms with Gasteiger partial charge in [0.1, 0.15) is 0 Å². The van der Waals surface area contributed by atoms with Gasteiger partial charge in [-0.05, 0) is 0 Å². The fraction of sp³-hybridized carbons (Fsp3) is 0. The lowest BCUT2D eigenvalue weighted by Crippen LogP contribution is -2.28. The molecule has 0 unspecified atom stereocenters. The zero-order valence-electron chi connectivity index (χ0n) is 7.68. The maximum Gasteiger partial charge on any atom is 0.356 e. The Morgan fingerprint density at radius 2 is 1.87 bits per heavy atom. The van der Waals surface area contributed by atoms with E-state index in [1.165, 1.54) is 0 Å². The van der Waals surface area contributed by atoms with Gasteiger partial charge in [-0.1, -0.05) is 30.3 Å². The summed E-state index contributed by atoms with van der Waals surface area (Å²) in [7, 11) is 0. The van der Waals surface area contributed by atoms with Crippen molar-refractivity contribution >= 4 is 17.7 Å². The first-order valence-corrected chi connectivity index (χ1v) is 4.03. The van der Waals surface area contributed by atoms with E-state index in [1.807, 2.05) is 5.43 Å². The van der Waals surface area contributed by atoms with Gasteiger partial charge in [0.25, 0.3) is 0 Å². The van der Waals surface area contributed by atoms with Crippen molar-refractivity contribution in [1.82, 2.24) is 5.43 Å². The average molecular weight is 207 g/mol. The van der Waals surface area contributed by atoms with Gasteiger partial charge in [-0.3, -0.25) is 0 Å². The molecule has 0 heterocycles. The highest BCUT2D eigenvalue weighted by molar-refractivity contribution is 6.42. The molecule has 1 aromatic carbocycles. The number of nitrogens with zero attached hydrogens (tertiary/aromatic N) is 1. The SMILES string of the molecule is NC(=O)NN=C(C(=O)O)c1ccccc1. The van der Waals surface area contributed by atoms with E-state index in [0.717, 1.165) is 0 Å². The number of nitrogens with one attached hydrogen (secondary N) is 1. The predicted octanol–water partition coefficient (Wildman–Crippen LogP) is 0.144. The second-order valence-electron chi connectivity index (χ2n) is 2.61. The van der Waals surface area contributed by atoms with Crippen molar-refractivity contribution in [2.75, 3.05) is 0 Å². The van der Waals surface area contributed by atoms with E-state index in [0.29, 0.717) is 5.56 Å². The zero-order valence-corrected chi connectivity index (χ0v) is 7.68. The minimum Gasteiger partial charge on any atom is -0.476 e. The Balaban J connectivity index is 2.99. The fourth-order valence-electron chi connectivity index (χ4n) is 0.943. The van der Waals surface area contributed by atoms with Crippen molar-refractivity contribution in [2.24, 2.45) is 10.8 Å². The summed E-state index contributed by atoms with van der Waals surface area (Å²) in [5.41, 5.74) is 6.76. The number of amides is 2. The van der Waals surface area contributed by atoms with Gasteiger partial charge in [0, 0.05) is 5.56 Å². The highest BCUT2D eigenvalue weighted by atomic mass is 16.4. The van der Waals surface area contributed by atoms with Crippen LogP contribution in [0.1, 0.15) is 5.56 Å². The molecule has 15 heavy (non-hydrogen) atoms. The lowest BCUT2D eigenvalue weighted by Gasteiger charge is -2.00. The molecule has 0 radical (unpaired) electrons. The van der Waals surface area contributed by atoms with Crippen LogP contribution in [0.2, 0.25) is 0 Å². The Morgan fingerprint density at radius 3 is 2.33 bits per heavy atom. The first-order chi connectivity index (χ1) is 7.11. The number of nitrogens with two attached hydrogens (primary N) is 1. The molecule has 0 aliphatic carbocycles. The van der Waals surface area contributed by atoms with Crippen molar-refractivity contribution in [1.29, 1.82) is 0 Å². The van der Waals surface area contributed by atoms with E-state index in [-0.39, 0.29) is 5.71 Å². The Hall–Kier alpha value is -2.37. The third-order valence-electron chi connectivity index (χ3n) is 1.53. The molecule has 6 heteroatoms. The van der Waals surface area contributed by atoms with Gasteiger partial charge in [-0.2, -0.15) is 5.10 Å². The average Bonchev–Trinajstić information content (AvgIpc) is 2.18. The van der Waals surface area contributed by atoms with Crippen LogP contribution >= 0.6 is 0 Å². The van der Waals surface area contributed by atoms with Gasteiger partial charge in [0.15, 0.2) is 5.71 Å². The highest BCUT2D eigenvalue weighted by Gasteiger charge is 2.12. The molecule has 0 spiro atoms. The summed E-state index contributed by atoms with van der Waals surface area (Å²) in [6.45, 7) is 0. The molecule has 0 saturated heterocycles. The smallest absolute Gasteiger partial charge is 0.356 e. The Bertz CT molecular complexity index is 400. The Kier molecular flexibility index (Phi) is 3.39. The number of benzene rings is 1. The van der Waals surface area contributed by atoms with Gasteiger partial charge in [0.2, 0.25) is 0 Å².